The second-order valence-electron chi connectivity index (χ2n) is 10.1. The molecule has 5 rings (SSSR count). The highest BCUT2D eigenvalue weighted by atomic mass is 16.7. The van der Waals surface area contributed by atoms with Crippen molar-refractivity contribution in [2.45, 2.75) is 89.3 Å². The number of allylic oxidation sites excluding steroid dienone is 1. The number of aryl methyl sites for hydroxylation is 1. The molecule has 1 aromatic carbocycles. The van der Waals surface area contributed by atoms with Crippen molar-refractivity contribution in [2.24, 2.45) is 17.8 Å². The van der Waals surface area contributed by atoms with Crippen LogP contribution >= 0.6 is 0 Å². The Bertz CT molecular complexity index is 794. The third kappa shape index (κ3) is 5.87. The molecule has 0 N–H and O–H groups in total. The Balaban J connectivity index is 1.36. The highest BCUT2D eigenvalue weighted by Crippen LogP contribution is 2.51. The number of Topliss-reactive ketones (excluding diaryl/α,β-unsaturated/α-hetero) is 1. The van der Waals surface area contributed by atoms with Crippen LogP contribution in [0.25, 0.3) is 0 Å². The zero-order chi connectivity index (χ0) is 22.5. The van der Waals surface area contributed by atoms with E-state index in [-0.39, 0.29) is 24.6 Å². The zero-order valence-corrected chi connectivity index (χ0v) is 19.7. The average Bonchev–Trinajstić information content (AvgIpc) is 3.35. The monoisotopic (exact) mass is 454 g/mol. The first kappa shape index (κ1) is 23.1. The van der Waals surface area contributed by atoms with Crippen LogP contribution in [0.3, 0.4) is 0 Å². The lowest BCUT2D eigenvalue weighted by Gasteiger charge is -2.33. The van der Waals surface area contributed by atoms with E-state index in [1.54, 1.807) is 0 Å². The van der Waals surface area contributed by atoms with Crippen molar-refractivity contribution < 1.29 is 23.7 Å². The van der Waals surface area contributed by atoms with Gasteiger partial charge >= 0.3 is 0 Å². The first-order valence-corrected chi connectivity index (χ1v) is 13.1. The molecule has 0 aromatic heterocycles. The molecule has 0 spiro atoms. The van der Waals surface area contributed by atoms with E-state index in [0.29, 0.717) is 30.5 Å². The smallest absolute Gasteiger partial charge is 0.199 e. The summed E-state index contributed by atoms with van der Waals surface area (Å²) < 4.78 is 25.0. The topological polar surface area (TPSA) is 54.0 Å². The molecule has 1 aromatic rings. The van der Waals surface area contributed by atoms with Gasteiger partial charge in [-0.2, -0.15) is 0 Å². The van der Waals surface area contributed by atoms with Crippen molar-refractivity contribution >= 4 is 5.78 Å². The summed E-state index contributed by atoms with van der Waals surface area (Å²) in [5.74, 6) is 2.18. The molecule has 2 heterocycles. The number of rotatable bonds is 8. The van der Waals surface area contributed by atoms with Crippen molar-refractivity contribution in [3.8, 4) is 0 Å². The molecule has 2 saturated carbocycles. The molecule has 2 aliphatic heterocycles. The van der Waals surface area contributed by atoms with Crippen molar-refractivity contribution in [1.29, 1.82) is 0 Å². The summed E-state index contributed by atoms with van der Waals surface area (Å²) in [5, 5.41) is 0. The van der Waals surface area contributed by atoms with E-state index in [4.69, 9.17) is 18.9 Å². The normalized spacial score (nSPS) is 34.9. The molecular formula is C28H38O5. The predicted molar refractivity (Wildman–Crippen MR) is 125 cm³/mol. The van der Waals surface area contributed by atoms with Gasteiger partial charge in [0, 0.05) is 31.8 Å². The van der Waals surface area contributed by atoms with Gasteiger partial charge < -0.3 is 18.9 Å². The molecule has 0 bridgehead atoms. The molecule has 4 fully saturated rings. The predicted octanol–water partition coefficient (Wildman–Crippen LogP) is 5.57. The standard InChI is InChI=1S/C28H38O5/c29-22-17-21-18-25(33-27-14-5-7-16-31-27)28(23(21)19-22)24(32-26-13-4-6-15-30-26)12-8-11-20-9-2-1-3-10-20/h1-3,9-10,12,21,23,25-28H,4-8,11,13-19H2/b24-12+/t21-,23-,25+,26?,27?,28-/m0/s1. The average molecular weight is 455 g/mol. The van der Waals surface area contributed by atoms with Crippen LogP contribution in [-0.2, 0) is 30.2 Å². The van der Waals surface area contributed by atoms with Gasteiger partial charge in [-0.3, -0.25) is 4.79 Å². The van der Waals surface area contributed by atoms with E-state index in [0.717, 1.165) is 76.8 Å². The number of fused-ring (bicyclic) bond motifs is 1. The maximum absolute atomic E-state index is 12.4. The number of ether oxygens (including phenoxy) is 4. The van der Waals surface area contributed by atoms with E-state index in [1.807, 2.05) is 0 Å². The quantitative estimate of drug-likeness (QED) is 0.481. The van der Waals surface area contributed by atoms with Crippen LogP contribution in [0.15, 0.2) is 42.2 Å². The van der Waals surface area contributed by atoms with Crippen molar-refractivity contribution in [1.82, 2.24) is 0 Å². The molecule has 2 saturated heterocycles. The largest absolute Gasteiger partial charge is 0.469 e. The minimum atomic E-state index is -0.190. The Morgan fingerprint density at radius 2 is 1.73 bits per heavy atom. The summed E-state index contributed by atoms with van der Waals surface area (Å²) in [7, 11) is 0. The summed E-state index contributed by atoms with van der Waals surface area (Å²) in [6, 6.07) is 10.6. The van der Waals surface area contributed by atoms with Crippen LogP contribution in [0, 0.1) is 17.8 Å². The van der Waals surface area contributed by atoms with E-state index >= 15 is 0 Å². The Labute approximate surface area is 197 Å². The fourth-order valence-corrected chi connectivity index (χ4v) is 6.15. The molecule has 4 aliphatic rings. The molecule has 33 heavy (non-hydrogen) atoms. The van der Waals surface area contributed by atoms with Gasteiger partial charge in [-0.15, -0.1) is 0 Å². The summed E-state index contributed by atoms with van der Waals surface area (Å²) in [6.45, 7) is 1.53. The molecular weight excluding hydrogens is 416 g/mol. The van der Waals surface area contributed by atoms with Crippen LogP contribution in [-0.4, -0.2) is 37.7 Å². The van der Waals surface area contributed by atoms with E-state index < -0.39 is 0 Å². The first-order chi connectivity index (χ1) is 16.3. The maximum Gasteiger partial charge on any atom is 0.199 e. The SMILES string of the molecule is O=C1C[C@H]2C[C@@H](OC3CCCCO3)[C@H](/C(=C\CCc3ccccc3)OC3CCCCO3)[C@H]2C1. The molecule has 180 valence electrons. The Morgan fingerprint density at radius 1 is 0.970 bits per heavy atom. The number of hydrogen-bond donors (Lipinski definition) is 0. The molecule has 6 atom stereocenters. The van der Waals surface area contributed by atoms with Gasteiger partial charge in [0.2, 0.25) is 0 Å². The molecule has 5 nitrogen and oxygen atoms in total. The summed E-state index contributed by atoms with van der Waals surface area (Å²) in [5.41, 5.74) is 1.32. The van der Waals surface area contributed by atoms with Crippen molar-refractivity contribution in [2.75, 3.05) is 13.2 Å². The van der Waals surface area contributed by atoms with Gasteiger partial charge in [0.1, 0.15) is 11.5 Å². The van der Waals surface area contributed by atoms with Gasteiger partial charge in [-0.25, -0.2) is 0 Å². The van der Waals surface area contributed by atoms with Gasteiger partial charge in [-0.1, -0.05) is 30.3 Å². The number of carbonyl (C=O) groups excluding carboxylic acids is 1. The van der Waals surface area contributed by atoms with Crippen LogP contribution in [0.4, 0.5) is 0 Å². The van der Waals surface area contributed by atoms with Gasteiger partial charge in [0.25, 0.3) is 0 Å². The van der Waals surface area contributed by atoms with Gasteiger partial charge in [0.05, 0.1) is 12.7 Å². The molecule has 2 aliphatic carbocycles. The maximum atomic E-state index is 12.4. The fraction of sp³-hybridized carbons (Fsp3) is 0.679. The Kier molecular flexibility index (Phi) is 7.80. The molecule has 0 radical (unpaired) electrons. The van der Waals surface area contributed by atoms with Crippen molar-refractivity contribution in [3.63, 3.8) is 0 Å². The third-order valence-corrected chi connectivity index (χ3v) is 7.78. The second kappa shape index (κ2) is 11.2. The van der Waals surface area contributed by atoms with Crippen LogP contribution < -0.4 is 0 Å². The minimum Gasteiger partial charge on any atom is -0.469 e. The first-order valence-electron chi connectivity index (χ1n) is 13.1. The summed E-state index contributed by atoms with van der Waals surface area (Å²) in [4.78, 5) is 12.4. The summed E-state index contributed by atoms with van der Waals surface area (Å²) >= 11 is 0. The number of carbonyl (C=O) groups is 1. The molecule has 0 amide bonds. The second-order valence-corrected chi connectivity index (χ2v) is 10.1. The highest BCUT2D eigenvalue weighted by Gasteiger charge is 2.51. The summed E-state index contributed by atoms with van der Waals surface area (Å²) in [6.07, 6.45) is 12.5. The minimum absolute atomic E-state index is 0.0442. The Hall–Kier alpha value is -1.69. The van der Waals surface area contributed by atoms with E-state index in [9.17, 15) is 4.79 Å². The van der Waals surface area contributed by atoms with Crippen LogP contribution in [0.5, 0.6) is 0 Å². The van der Waals surface area contributed by atoms with Gasteiger partial charge in [0.15, 0.2) is 12.6 Å². The number of ketones is 1. The fourth-order valence-electron chi connectivity index (χ4n) is 6.15. The van der Waals surface area contributed by atoms with Gasteiger partial charge in [-0.05, 0) is 74.8 Å². The van der Waals surface area contributed by atoms with E-state index in [1.165, 1.54) is 5.56 Å². The third-order valence-electron chi connectivity index (χ3n) is 7.78. The lowest BCUT2D eigenvalue weighted by Crippen LogP contribution is -2.34. The molecule has 2 unspecified atom stereocenters. The number of benzene rings is 1. The van der Waals surface area contributed by atoms with Crippen molar-refractivity contribution in [3.05, 3.63) is 47.7 Å². The molecule has 5 heteroatoms. The lowest BCUT2D eigenvalue weighted by atomic mass is 9.88. The van der Waals surface area contributed by atoms with Crippen LogP contribution in [0.2, 0.25) is 0 Å². The Morgan fingerprint density at radius 3 is 2.45 bits per heavy atom. The highest BCUT2D eigenvalue weighted by molar-refractivity contribution is 5.81. The lowest BCUT2D eigenvalue weighted by molar-refractivity contribution is -0.201. The van der Waals surface area contributed by atoms with Crippen LogP contribution in [0.1, 0.15) is 69.8 Å². The van der Waals surface area contributed by atoms with E-state index in [2.05, 4.69) is 36.4 Å². The number of hydrogen-bond acceptors (Lipinski definition) is 5. The zero-order valence-electron chi connectivity index (χ0n) is 19.7.